The van der Waals surface area contributed by atoms with Crippen LogP contribution in [0.15, 0.2) is 28.2 Å². The highest BCUT2D eigenvalue weighted by molar-refractivity contribution is 7.89. The Morgan fingerprint density at radius 1 is 0.926 bits per heavy atom. The largest absolute Gasteiger partial charge is 0.243 e. The number of rotatable bonds is 3. The predicted octanol–water partition coefficient (Wildman–Crippen LogP) is 5.33. The molecule has 5 heteroatoms. The molecule has 1 atom stereocenters. The lowest BCUT2D eigenvalue weighted by atomic mass is 9.82. The fourth-order valence-electron chi connectivity index (χ4n) is 4.47. The van der Waals surface area contributed by atoms with Crippen LogP contribution in [0.4, 0.5) is 0 Å². The first-order valence-corrected chi connectivity index (χ1v) is 11.6. The Balaban J connectivity index is 1.85. The summed E-state index contributed by atoms with van der Waals surface area (Å²) in [5, 5.41) is 0.912. The first kappa shape index (κ1) is 20.6. The van der Waals surface area contributed by atoms with E-state index in [1.165, 1.54) is 5.56 Å². The Hall–Kier alpha value is -1.10. The van der Waals surface area contributed by atoms with E-state index >= 15 is 0 Å². The molecule has 0 aromatic heterocycles. The summed E-state index contributed by atoms with van der Waals surface area (Å²) in [4.78, 5) is 0.511. The third kappa shape index (κ3) is 3.64. The van der Waals surface area contributed by atoms with Crippen LogP contribution in [0.1, 0.15) is 47.1 Å². The maximum absolute atomic E-state index is 13.5. The van der Waals surface area contributed by atoms with Crippen molar-refractivity contribution in [1.82, 2.24) is 4.31 Å². The summed E-state index contributed by atoms with van der Waals surface area (Å²) in [6.45, 7) is 11.1. The molecule has 27 heavy (non-hydrogen) atoms. The maximum atomic E-state index is 13.5. The monoisotopic (exact) mass is 407 g/mol. The van der Waals surface area contributed by atoms with E-state index < -0.39 is 10.0 Å². The Morgan fingerprint density at radius 2 is 1.44 bits per heavy atom. The summed E-state index contributed by atoms with van der Waals surface area (Å²) in [6, 6.07) is 0. The van der Waals surface area contributed by atoms with Crippen molar-refractivity contribution in [2.75, 3.05) is 13.1 Å². The molecule has 148 valence electrons. The summed E-state index contributed by atoms with van der Waals surface area (Å²) in [5.41, 5.74) is 5.12. The van der Waals surface area contributed by atoms with Crippen molar-refractivity contribution in [3.8, 4) is 0 Å². The van der Waals surface area contributed by atoms with Crippen LogP contribution in [0.25, 0.3) is 0 Å². The van der Waals surface area contributed by atoms with Crippen LogP contribution in [0.5, 0.6) is 0 Å². The molecule has 3 rings (SSSR count). The zero-order chi connectivity index (χ0) is 19.9. The number of halogens is 1. The van der Waals surface area contributed by atoms with Crippen LogP contribution in [-0.4, -0.2) is 25.8 Å². The van der Waals surface area contributed by atoms with Crippen molar-refractivity contribution in [1.29, 1.82) is 0 Å². The van der Waals surface area contributed by atoms with Crippen LogP contribution in [0.2, 0.25) is 0 Å². The van der Waals surface area contributed by atoms with Crippen molar-refractivity contribution in [3.63, 3.8) is 0 Å². The second kappa shape index (κ2) is 7.73. The molecule has 1 heterocycles. The van der Waals surface area contributed by atoms with E-state index in [9.17, 15) is 8.42 Å². The minimum atomic E-state index is -3.49. The molecule has 1 aliphatic heterocycles. The summed E-state index contributed by atoms with van der Waals surface area (Å²) in [6.07, 6.45) is 9.01. The maximum Gasteiger partial charge on any atom is 0.243 e. The zero-order valence-electron chi connectivity index (χ0n) is 17.0. The summed E-state index contributed by atoms with van der Waals surface area (Å²) >= 11 is 6.41. The normalized spacial score (nSPS) is 22.1. The van der Waals surface area contributed by atoms with Gasteiger partial charge in [-0.05, 0) is 87.6 Å². The molecular weight excluding hydrogens is 378 g/mol. The quantitative estimate of drug-likeness (QED) is 0.635. The van der Waals surface area contributed by atoms with Gasteiger partial charge in [0.2, 0.25) is 10.0 Å². The molecular formula is C22H30ClNO2S. The average molecular weight is 408 g/mol. The smallest absolute Gasteiger partial charge is 0.207 e. The van der Waals surface area contributed by atoms with Gasteiger partial charge in [-0.25, -0.2) is 8.42 Å². The van der Waals surface area contributed by atoms with Crippen LogP contribution in [0.3, 0.4) is 0 Å². The lowest BCUT2D eigenvalue weighted by molar-refractivity contribution is 0.248. The minimum absolute atomic E-state index is 0.248. The number of hydrogen-bond donors (Lipinski definition) is 0. The number of hydrogen-bond acceptors (Lipinski definition) is 2. The van der Waals surface area contributed by atoms with E-state index in [4.69, 9.17) is 11.6 Å². The third-order valence-corrected chi connectivity index (χ3v) is 9.23. The second-order valence-corrected chi connectivity index (χ2v) is 10.3. The van der Waals surface area contributed by atoms with Gasteiger partial charge in [-0.3, -0.25) is 0 Å². The molecule has 0 spiro atoms. The van der Waals surface area contributed by atoms with E-state index in [0.717, 1.165) is 46.5 Å². The molecule has 0 saturated carbocycles. The van der Waals surface area contributed by atoms with E-state index in [1.54, 1.807) is 4.31 Å². The van der Waals surface area contributed by atoms with Gasteiger partial charge in [0.05, 0.1) is 4.90 Å². The Bertz CT molecular complexity index is 878. The lowest BCUT2D eigenvalue weighted by Gasteiger charge is -2.35. The van der Waals surface area contributed by atoms with Crippen molar-refractivity contribution < 1.29 is 8.42 Å². The highest BCUT2D eigenvalue weighted by atomic mass is 35.5. The molecule has 0 bridgehead atoms. The number of nitrogens with zero attached hydrogens (tertiary/aromatic N) is 1. The average Bonchev–Trinajstić information content (AvgIpc) is 2.65. The molecule has 0 radical (unpaired) electrons. The summed E-state index contributed by atoms with van der Waals surface area (Å²) in [5.74, 6) is 0.665. The van der Waals surface area contributed by atoms with Crippen LogP contribution in [0, 0.1) is 46.5 Å². The highest BCUT2D eigenvalue weighted by Gasteiger charge is 2.35. The van der Waals surface area contributed by atoms with Crippen LogP contribution in [-0.2, 0) is 10.0 Å². The minimum Gasteiger partial charge on any atom is -0.207 e. The van der Waals surface area contributed by atoms with Gasteiger partial charge < -0.3 is 0 Å². The van der Waals surface area contributed by atoms with Crippen LogP contribution < -0.4 is 0 Å². The van der Waals surface area contributed by atoms with Gasteiger partial charge in [0.1, 0.15) is 0 Å². The van der Waals surface area contributed by atoms with E-state index in [1.807, 2.05) is 27.7 Å². The fraction of sp³-hybridized carbons (Fsp3) is 0.545. The highest BCUT2D eigenvalue weighted by Crippen LogP contribution is 2.38. The van der Waals surface area contributed by atoms with E-state index in [-0.39, 0.29) is 5.92 Å². The topological polar surface area (TPSA) is 37.4 Å². The molecule has 1 aliphatic carbocycles. The molecule has 1 unspecified atom stereocenters. The SMILES string of the molecule is Cc1c(C)c(C)c(S(=O)(=O)N2CCC(C3C=CCC=C3Cl)CC2)c(C)c1C. The van der Waals surface area contributed by atoms with Gasteiger partial charge in [0.15, 0.2) is 0 Å². The van der Waals surface area contributed by atoms with Gasteiger partial charge in [-0.1, -0.05) is 29.8 Å². The van der Waals surface area contributed by atoms with Gasteiger partial charge in [-0.2, -0.15) is 4.31 Å². The van der Waals surface area contributed by atoms with Gasteiger partial charge in [-0.15, -0.1) is 0 Å². The van der Waals surface area contributed by atoms with Crippen LogP contribution >= 0.6 is 11.6 Å². The number of sulfonamides is 1. The number of piperidine rings is 1. The molecule has 1 fully saturated rings. The van der Waals surface area contributed by atoms with Crippen molar-refractivity contribution in [3.05, 3.63) is 51.1 Å². The standard InChI is InChI=1S/C22H30ClNO2S/c1-14-15(2)17(4)22(18(5)16(14)3)27(25,26)24-12-10-19(11-13-24)20-8-6-7-9-21(20)23/h6,8-9,19-20H,7,10-13H2,1-5H3. The van der Waals surface area contributed by atoms with Crippen molar-refractivity contribution in [2.45, 2.75) is 58.8 Å². The predicted molar refractivity (Wildman–Crippen MR) is 113 cm³/mol. The number of benzene rings is 1. The van der Waals surface area contributed by atoms with Gasteiger partial charge >= 0.3 is 0 Å². The van der Waals surface area contributed by atoms with Crippen molar-refractivity contribution in [2.24, 2.45) is 11.8 Å². The third-order valence-electron chi connectivity index (χ3n) is 6.65. The molecule has 1 aromatic carbocycles. The first-order valence-electron chi connectivity index (χ1n) is 9.75. The van der Waals surface area contributed by atoms with Gasteiger partial charge in [0.25, 0.3) is 0 Å². The van der Waals surface area contributed by atoms with Gasteiger partial charge in [0, 0.05) is 24.0 Å². The molecule has 0 amide bonds. The summed E-state index contributed by atoms with van der Waals surface area (Å²) < 4.78 is 28.6. The molecule has 1 saturated heterocycles. The van der Waals surface area contributed by atoms with E-state index in [0.29, 0.717) is 23.9 Å². The molecule has 3 nitrogen and oxygen atoms in total. The molecule has 2 aliphatic rings. The Morgan fingerprint density at radius 3 is 1.96 bits per heavy atom. The summed E-state index contributed by atoms with van der Waals surface area (Å²) in [7, 11) is -3.49. The zero-order valence-corrected chi connectivity index (χ0v) is 18.5. The van der Waals surface area contributed by atoms with Crippen molar-refractivity contribution >= 4 is 21.6 Å². The molecule has 0 N–H and O–H groups in total. The second-order valence-electron chi connectivity index (χ2n) is 7.97. The Labute approximate surface area is 169 Å². The first-order chi connectivity index (χ1) is 12.7. The van der Waals surface area contributed by atoms with E-state index in [2.05, 4.69) is 25.2 Å². The fourth-order valence-corrected chi connectivity index (χ4v) is 6.84. The molecule has 1 aromatic rings. The Kier molecular flexibility index (Phi) is 5.90. The number of allylic oxidation sites excluding steroid dienone is 4. The lowest BCUT2D eigenvalue weighted by Crippen LogP contribution is -2.40.